The molecule has 13 heteroatoms. The van der Waals surface area contributed by atoms with Crippen molar-refractivity contribution in [1.29, 1.82) is 0 Å². The summed E-state index contributed by atoms with van der Waals surface area (Å²) < 4.78 is 58.9. The van der Waals surface area contributed by atoms with E-state index in [0.29, 0.717) is 52.8 Å². The summed E-state index contributed by atoms with van der Waals surface area (Å²) in [6.07, 6.45) is 14.4. The maximum absolute atomic E-state index is 11.6. The average Bonchev–Trinajstić information content (AvgIpc) is 3.15. The molecule has 4 aliphatic carbocycles. The Labute approximate surface area is 263 Å². The zero-order valence-corrected chi connectivity index (χ0v) is 28.5. The molecule has 0 aromatic heterocycles. The standard InChI is InChI=1S/C25H41O2.C2H7NO3S.Na.H2O4S/c1-5-17-19-8-6-7-13-24(19,3)21-11-14-25(4)18(16(2)12-15-26)9-10-20(25)22(21)23(17)27;3-1-2-7(4,5)6;;1-5(2,3)4/h16-23,27H,5-14H2,1-4H3;1-3H2,(H,4,5,6);;(H2,1,2,3,4)/q-1;;+1;/t16-,17-,18-,19+,20?,21?,22?,23-,24+,25-;;;/m1.../s1. The van der Waals surface area contributed by atoms with Crippen LogP contribution in [0.25, 0.3) is 0 Å². The van der Waals surface area contributed by atoms with E-state index in [1.165, 1.54) is 51.4 Å². The van der Waals surface area contributed by atoms with Gasteiger partial charge in [0, 0.05) is 6.54 Å². The largest absolute Gasteiger partial charge is 1.00 e. The average molecular weight is 620 g/mol. The van der Waals surface area contributed by atoms with E-state index in [4.69, 9.17) is 27.8 Å². The van der Waals surface area contributed by atoms with Crippen LogP contribution < -0.4 is 35.3 Å². The van der Waals surface area contributed by atoms with E-state index in [1.54, 1.807) is 0 Å². The van der Waals surface area contributed by atoms with Gasteiger partial charge in [-0.2, -0.15) is 16.8 Å². The first-order valence-electron chi connectivity index (χ1n) is 14.3. The first kappa shape index (κ1) is 38.4. The zero-order chi connectivity index (χ0) is 29.8. The van der Waals surface area contributed by atoms with E-state index < -0.39 is 20.5 Å². The minimum atomic E-state index is -4.67. The van der Waals surface area contributed by atoms with Crippen LogP contribution in [0, 0.1) is 52.3 Å². The maximum atomic E-state index is 11.6. The molecule has 0 radical (unpaired) electrons. The zero-order valence-electron chi connectivity index (χ0n) is 24.8. The van der Waals surface area contributed by atoms with Gasteiger partial charge in [0.25, 0.3) is 10.1 Å². The molecule has 0 bridgehead atoms. The molecule has 10 nitrogen and oxygen atoms in total. The summed E-state index contributed by atoms with van der Waals surface area (Å²) in [5.41, 5.74) is 5.54. The Morgan fingerprint density at radius 3 is 1.98 bits per heavy atom. The number of aliphatic hydroxyl groups is 1. The SMILES string of the molecule is CC[C@H]1[C@@H](O)C2C3CC[C@H]([C@H](C)C[C-]=O)[C@@]3(C)CCC2[C@@]2(C)CCCC[C@@H]12.NCCS(=O)(=O)O.O=S(=O)(O)O.[Na+]. The van der Waals surface area contributed by atoms with Crippen molar-refractivity contribution in [2.24, 2.45) is 58.0 Å². The second kappa shape index (κ2) is 15.4. The van der Waals surface area contributed by atoms with Crippen LogP contribution in [0.5, 0.6) is 0 Å². The fourth-order valence-corrected chi connectivity index (χ4v) is 9.73. The van der Waals surface area contributed by atoms with Crippen molar-refractivity contribution in [3.8, 4) is 0 Å². The predicted molar refractivity (Wildman–Crippen MR) is 150 cm³/mol. The van der Waals surface area contributed by atoms with Gasteiger partial charge in [-0.3, -0.25) is 19.9 Å². The Hall–Kier alpha value is 0.370. The molecule has 230 valence electrons. The van der Waals surface area contributed by atoms with E-state index in [0.717, 1.165) is 12.3 Å². The minimum Gasteiger partial charge on any atom is -0.542 e. The Kier molecular flexibility index (Phi) is 14.8. The van der Waals surface area contributed by atoms with E-state index >= 15 is 0 Å². The minimum absolute atomic E-state index is 0. The van der Waals surface area contributed by atoms with Gasteiger partial charge in [-0.05, 0) is 84.9 Å². The number of aliphatic hydroxyl groups excluding tert-OH is 1. The van der Waals surface area contributed by atoms with Gasteiger partial charge in [-0.15, -0.1) is 6.42 Å². The molecule has 0 aromatic carbocycles. The number of nitrogens with two attached hydrogens (primary N) is 1. The van der Waals surface area contributed by atoms with Crippen molar-refractivity contribution in [2.75, 3.05) is 12.3 Å². The molecule has 4 rings (SSSR count). The van der Waals surface area contributed by atoms with Crippen LogP contribution in [0.4, 0.5) is 0 Å². The van der Waals surface area contributed by atoms with Crippen molar-refractivity contribution in [2.45, 2.75) is 98.0 Å². The molecule has 0 aliphatic heterocycles. The monoisotopic (exact) mass is 619 g/mol. The molecule has 0 heterocycles. The first-order chi connectivity index (χ1) is 17.9. The van der Waals surface area contributed by atoms with Gasteiger partial charge in [0.2, 0.25) is 0 Å². The van der Waals surface area contributed by atoms with Crippen LogP contribution in [0.15, 0.2) is 0 Å². The molecule has 4 saturated carbocycles. The molecule has 0 spiro atoms. The number of carbonyl (C=O) groups excluding carboxylic acids is 1. The summed E-state index contributed by atoms with van der Waals surface area (Å²) in [4.78, 5) is 11.0. The summed E-state index contributed by atoms with van der Waals surface area (Å²) in [6, 6.07) is 0. The molecular formula is C27H50NNaO9S2. The first-order valence-corrected chi connectivity index (χ1v) is 17.3. The topological polar surface area (TPSA) is 192 Å². The van der Waals surface area contributed by atoms with E-state index in [1.807, 2.05) is 0 Å². The van der Waals surface area contributed by atoms with E-state index in [9.17, 15) is 18.3 Å². The molecular weight excluding hydrogens is 569 g/mol. The van der Waals surface area contributed by atoms with E-state index in [2.05, 4.69) is 34.0 Å². The van der Waals surface area contributed by atoms with Gasteiger partial charge >= 0.3 is 40.0 Å². The molecule has 0 saturated heterocycles. The number of fused-ring (bicyclic) bond motifs is 5. The molecule has 4 aliphatic rings. The van der Waals surface area contributed by atoms with Crippen molar-refractivity contribution in [3.05, 3.63) is 0 Å². The fraction of sp³-hybridized carbons (Fsp3) is 0.963. The normalized spacial score (nSPS) is 39.4. The number of rotatable bonds is 6. The van der Waals surface area contributed by atoms with Gasteiger partial charge in [-0.25, -0.2) is 0 Å². The second-order valence-electron chi connectivity index (χ2n) is 12.8. The van der Waals surface area contributed by atoms with Crippen molar-refractivity contribution in [3.63, 3.8) is 0 Å². The molecule has 3 unspecified atom stereocenters. The van der Waals surface area contributed by atoms with Crippen LogP contribution in [-0.2, 0) is 25.3 Å². The molecule has 0 amide bonds. The van der Waals surface area contributed by atoms with E-state index in [-0.39, 0.29) is 48.0 Å². The Bertz CT molecular complexity index is 1020. The molecule has 6 N–H and O–H groups in total. The molecule has 4 fully saturated rings. The van der Waals surface area contributed by atoms with Gasteiger partial charge in [-0.1, -0.05) is 52.9 Å². The fourth-order valence-electron chi connectivity index (χ4n) is 9.44. The summed E-state index contributed by atoms with van der Waals surface area (Å²) in [6.45, 7) is 9.65. The van der Waals surface area contributed by atoms with Crippen LogP contribution in [0.2, 0.25) is 0 Å². The van der Waals surface area contributed by atoms with Crippen LogP contribution in [0.1, 0.15) is 91.9 Å². The smallest absolute Gasteiger partial charge is 0.542 e. The van der Waals surface area contributed by atoms with Crippen LogP contribution >= 0.6 is 0 Å². The third kappa shape index (κ3) is 9.19. The van der Waals surface area contributed by atoms with Gasteiger partial charge in [0.15, 0.2) is 0 Å². The quantitative estimate of drug-likeness (QED) is 0.162. The van der Waals surface area contributed by atoms with Gasteiger partial charge in [0.1, 0.15) is 0 Å². The number of hydrogen-bond donors (Lipinski definition) is 5. The van der Waals surface area contributed by atoms with Crippen molar-refractivity contribution < 1.29 is 70.0 Å². The summed E-state index contributed by atoms with van der Waals surface area (Å²) >= 11 is 0. The molecule has 40 heavy (non-hydrogen) atoms. The Morgan fingerprint density at radius 1 is 0.925 bits per heavy atom. The summed E-state index contributed by atoms with van der Waals surface area (Å²) in [7, 11) is -8.47. The van der Waals surface area contributed by atoms with Gasteiger partial charge in [0.05, 0.1) is 11.9 Å². The van der Waals surface area contributed by atoms with Crippen molar-refractivity contribution in [1.82, 2.24) is 0 Å². The predicted octanol–water partition coefficient (Wildman–Crippen LogP) is 0.962. The third-order valence-corrected chi connectivity index (χ3v) is 11.6. The summed E-state index contributed by atoms with van der Waals surface area (Å²) in [5.74, 6) is 3.81. The maximum Gasteiger partial charge on any atom is 1.00 e. The number of hydrogen-bond acceptors (Lipinski definition) is 7. The molecule has 0 aromatic rings. The van der Waals surface area contributed by atoms with Crippen LogP contribution in [-0.4, -0.2) is 60.3 Å². The van der Waals surface area contributed by atoms with Crippen LogP contribution in [0.3, 0.4) is 0 Å². The second-order valence-corrected chi connectivity index (χ2v) is 15.3. The van der Waals surface area contributed by atoms with Crippen molar-refractivity contribution >= 4 is 26.8 Å². The Morgan fingerprint density at radius 2 is 1.50 bits per heavy atom. The van der Waals surface area contributed by atoms with Gasteiger partial charge < -0.3 is 15.6 Å². The third-order valence-electron chi connectivity index (χ3n) is 10.9. The summed E-state index contributed by atoms with van der Waals surface area (Å²) in [5, 5.41) is 11.6. The molecule has 10 atom stereocenters. The Balaban J connectivity index is 0.000000521.